The number of anilines is 2. The topological polar surface area (TPSA) is 61.7 Å². The molecule has 106 valence electrons. The van der Waals surface area contributed by atoms with E-state index in [2.05, 4.69) is 14.9 Å². The molecule has 0 radical (unpaired) electrons. The lowest BCUT2D eigenvalue weighted by atomic mass is 10.3. The summed E-state index contributed by atoms with van der Waals surface area (Å²) < 4.78 is 4.93. The van der Waals surface area contributed by atoms with E-state index in [4.69, 9.17) is 4.74 Å². The van der Waals surface area contributed by atoms with Crippen molar-refractivity contribution >= 4 is 11.6 Å². The molecule has 6 nitrogen and oxygen atoms in total. The number of likely N-dealkylation sites (N-methyl/N-ethyl adjacent to an activating group) is 1. The van der Waals surface area contributed by atoms with Crippen molar-refractivity contribution in [1.82, 2.24) is 9.97 Å². The first-order valence-electron chi connectivity index (χ1n) is 6.66. The molecule has 2 heterocycles. The first-order valence-corrected chi connectivity index (χ1v) is 6.66. The zero-order valence-corrected chi connectivity index (χ0v) is 11.6. The minimum Gasteiger partial charge on any atom is -0.389 e. The molecule has 1 atom stereocenters. The van der Waals surface area contributed by atoms with Crippen LogP contribution in [0.1, 0.15) is 12.8 Å². The molecular formula is C13H22N4O2. The maximum Gasteiger partial charge on any atom is 0.134 e. The number of nitrogens with zero attached hydrogens (tertiary/aromatic N) is 4. The monoisotopic (exact) mass is 266 g/mol. The van der Waals surface area contributed by atoms with Crippen LogP contribution in [-0.4, -0.2) is 61.6 Å². The number of hydrogen-bond donors (Lipinski definition) is 1. The summed E-state index contributed by atoms with van der Waals surface area (Å²) in [5, 5.41) is 9.74. The van der Waals surface area contributed by atoms with Gasteiger partial charge >= 0.3 is 0 Å². The molecule has 0 unspecified atom stereocenters. The minimum atomic E-state index is -0.514. The van der Waals surface area contributed by atoms with E-state index in [0.717, 1.165) is 24.7 Å². The molecule has 0 saturated carbocycles. The van der Waals surface area contributed by atoms with Crippen LogP contribution in [0.3, 0.4) is 0 Å². The molecule has 6 heteroatoms. The van der Waals surface area contributed by atoms with Crippen LogP contribution in [0, 0.1) is 0 Å². The first-order chi connectivity index (χ1) is 9.20. The van der Waals surface area contributed by atoms with Gasteiger partial charge < -0.3 is 19.6 Å². The Bertz CT molecular complexity index is 396. The van der Waals surface area contributed by atoms with Crippen LogP contribution in [0.4, 0.5) is 11.6 Å². The largest absolute Gasteiger partial charge is 0.389 e. The standard InChI is InChI=1S/C13H22N4O2/c1-16(8-11(18)9-19-2)12-7-13(15-10-14-12)17-5-3-4-6-17/h7,10-11,18H,3-6,8-9H2,1-2H3/t11-/m1/s1. The van der Waals surface area contributed by atoms with Crippen LogP contribution in [0.15, 0.2) is 12.4 Å². The van der Waals surface area contributed by atoms with E-state index in [-0.39, 0.29) is 0 Å². The van der Waals surface area contributed by atoms with Crippen molar-refractivity contribution in [3.8, 4) is 0 Å². The van der Waals surface area contributed by atoms with Gasteiger partial charge in [-0.2, -0.15) is 0 Å². The van der Waals surface area contributed by atoms with Gasteiger partial charge in [-0.15, -0.1) is 0 Å². The van der Waals surface area contributed by atoms with Crippen LogP contribution in [0.2, 0.25) is 0 Å². The molecule has 0 bridgehead atoms. The summed E-state index contributed by atoms with van der Waals surface area (Å²) in [6.45, 7) is 2.94. The normalized spacial score (nSPS) is 16.7. The van der Waals surface area contributed by atoms with Gasteiger partial charge in [-0.1, -0.05) is 0 Å². The Balaban J connectivity index is 2.01. The SMILES string of the molecule is COC[C@H](O)CN(C)c1cc(N2CCCC2)ncn1. The molecule has 1 aromatic rings. The Hall–Kier alpha value is -1.40. The van der Waals surface area contributed by atoms with Crippen LogP contribution in [0.5, 0.6) is 0 Å². The van der Waals surface area contributed by atoms with Gasteiger partial charge in [0.1, 0.15) is 18.0 Å². The second kappa shape index (κ2) is 6.68. The van der Waals surface area contributed by atoms with Crippen LogP contribution in [-0.2, 0) is 4.74 Å². The molecule has 0 amide bonds. The van der Waals surface area contributed by atoms with Crippen molar-refractivity contribution in [2.75, 3.05) is 50.2 Å². The van der Waals surface area contributed by atoms with E-state index in [0.29, 0.717) is 13.2 Å². The van der Waals surface area contributed by atoms with E-state index in [1.165, 1.54) is 12.8 Å². The van der Waals surface area contributed by atoms with E-state index in [1.807, 2.05) is 18.0 Å². The van der Waals surface area contributed by atoms with Crippen molar-refractivity contribution < 1.29 is 9.84 Å². The lowest BCUT2D eigenvalue weighted by Crippen LogP contribution is -2.32. The highest BCUT2D eigenvalue weighted by atomic mass is 16.5. The quantitative estimate of drug-likeness (QED) is 0.810. The molecule has 0 spiro atoms. The van der Waals surface area contributed by atoms with Crippen LogP contribution >= 0.6 is 0 Å². The highest BCUT2D eigenvalue weighted by Gasteiger charge is 2.16. The number of methoxy groups -OCH3 is 1. The highest BCUT2D eigenvalue weighted by Crippen LogP contribution is 2.20. The third-order valence-corrected chi connectivity index (χ3v) is 3.30. The minimum absolute atomic E-state index is 0.328. The number of ether oxygens (including phenoxy) is 1. The van der Waals surface area contributed by atoms with E-state index < -0.39 is 6.10 Å². The van der Waals surface area contributed by atoms with Gasteiger partial charge in [0.2, 0.25) is 0 Å². The number of aliphatic hydroxyl groups is 1. The third-order valence-electron chi connectivity index (χ3n) is 3.30. The van der Waals surface area contributed by atoms with Gasteiger partial charge in [-0.3, -0.25) is 0 Å². The summed E-state index contributed by atoms with van der Waals surface area (Å²) in [6.07, 6.45) is 3.52. The molecule has 19 heavy (non-hydrogen) atoms. The molecule has 1 saturated heterocycles. The highest BCUT2D eigenvalue weighted by molar-refractivity contribution is 5.50. The average Bonchev–Trinajstić information content (AvgIpc) is 2.93. The number of aromatic nitrogens is 2. The summed E-state index contributed by atoms with van der Waals surface area (Å²) in [4.78, 5) is 12.8. The molecule has 1 aliphatic rings. The number of aliphatic hydroxyl groups excluding tert-OH is 1. The molecule has 1 aromatic heterocycles. The fraction of sp³-hybridized carbons (Fsp3) is 0.692. The Morgan fingerprint density at radius 1 is 1.42 bits per heavy atom. The Kier molecular flexibility index (Phi) is 4.93. The van der Waals surface area contributed by atoms with Gasteiger partial charge in [0.15, 0.2) is 0 Å². The van der Waals surface area contributed by atoms with Gasteiger partial charge in [-0.05, 0) is 12.8 Å². The van der Waals surface area contributed by atoms with Crippen LogP contribution in [0.25, 0.3) is 0 Å². The number of hydrogen-bond acceptors (Lipinski definition) is 6. The molecule has 2 rings (SSSR count). The van der Waals surface area contributed by atoms with Gasteiger partial charge in [-0.25, -0.2) is 9.97 Å². The maximum absolute atomic E-state index is 9.74. The molecule has 1 aliphatic heterocycles. The van der Waals surface area contributed by atoms with Crippen molar-refractivity contribution in [1.29, 1.82) is 0 Å². The second-order valence-electron chi connectivity index (χ2n) is 4.92. The summed E-state index contributed by atoms with van der Waals surface area (Å²) in [5.41, 5.74) is 0. The summed E-state index contributed by atoms with van der Waals surface area (Å²) in [5.74, 6) is 1.79. The average molecular weight is 266 g/mol. The van der Waals surface area contributed by atoms with Crippen molar-refractivity contribution in [2.24, 2.45) is 0 Å². The number of rotatable bonds is 6. The fourth-order valence-electron chi connectivity index (χ4n) is 2.32. The van der Waals surface area contributed by atoms with Gasteiger partial charge in [0.05, 0.1) is 12.7 Å². The van der Waals surface area contributed by atoms with Gasteiger partial charge in [0, 0.05) is 39.9 Å². The van der Waals surface area contributed by atoms with E-state index >= 15 is 0 Å². The first kappa shape index (κ1) is 14.0. The summed E-state index contributed by atoms with van der Waals surface area (Å²) in [7, 11) is 3.49. The second-order valence-corrected chi connectivity index (χ2v) is 4.92. The lowest BCUT2D eigenvalue weighted by molar-refractivity contribution is 0.0694. The van der Waals surface area contributed by atoms with Gasteiger partial charge in [0.25, 0.3) is 0 Å². The molecule has 1 N–H and O–H groups in total. The van der Waals surface area contributed by atoms with Crippen molar-refractivity contribution in [2.45, 2.75) is 18.9 Å². The molecule has 0 aliphatic carbocycles. The van der Waals surface area contributed by atoms with Crippen molar-refractivity contribution in [3.63, 3.8) is 0 Å². The fourth-order valence-corrected chi connectivity index (χ4v) is 2.32. The zero-order valence-electron chi connectivity index (χ0n) is 11.6. The zero-order chi connectivity index (χ0) is 13.7. The summed E-state index contributed by atoms with van der Waals surface area (Å²) in [6, 6.07) is 1.98. The Morgan fingerprint density at radius 2 is 2.16 bits per heavy atom. The van der Waals surface area contributed by atoms with Crippen LogP contribution < -0.4 is 9.80 Å². The predicted octanol–water partition coefficient (Wildman–Crippen LogP) is 0.520. The molecule has 1 fully saturated rings. The lowest BCUT2D eigenvalue weighted by Gasteiger charge is -2.23. The smallest absolute Gasteiger partial charge is 0.134 e. The van der Waals surface area contributed by atoms with E-state index in [9.17, 15) is 5.11 Å². The summed E-state index contributed by atoms with van der Waals surface area (Å²) >= 11 is 0. The predicted molar refractivity (Wildman–Crippen MR) is 74.6 cm³/mol. The molecular weight excluding hydrogens is 244 g/mol. The maximum atomic E-state index is 9.74. The Labute approximate surface area is 114 Å². The third kappa shape index (κ3) is 3.78. The van der Waals surface area contributed by atoms with E-state index in [1.54, 1.807) is 13.4 Å². The molecule has 0 aromatic carbocycles. The van der Waals surface area contributed by atoms with Crippen molar-refractivity contribution in [3.05, 3.63) is 12.4 Å². The Morgan fingerprint density at radius 3 is 2.84 bits per heavy atom.